The molecule has 2 aromatic carbocycles. The highest BCUT2D eigenvalue weighted by molar-refractivity contribution is 5.95. The molecule has 1 aliphatic rings. The van der Waals surface area contributed by atoms with E-state index < -0.39 is 0 Å². The van der Waals surface area contributed by atoms with Crippen LogP contribution in [0.2, 0.25) is 0 Å². The fraction of sp³-hybridized carbons (Fsp3) is 0.235. The van der Waals surface area contributed by atoms with Gasteiger partial charge in [0.05, 0.1) is 6.04 Å². The highest BCUT2D eigenvalue weighted by Crippen LogP contribution is 2.32. The van der Waals surface area contributed by atoms with Gasteiger partial charge in [-0.05, 0) is 30.2 Å². The molecule has 21 heavy (non-hydrogen) atoms. The van der Waals surface area contributed by atoms with E-state index in [9.17, 15) is 4.79 Å². The van der Waals surface area contributed by atoms with Crippen molar-refractivity contribution in [2.75, 3.05) is 6.79 Å². The summed E-state index contributed by atoms with van der Waals surface area (Å²) in [6, 6.07) is 15.2. The molecule has 0 aliphatic carbocycles. The Balaban J connectivity index is 1.76. The van der Waals surface area contributed by atoms with Crippen LogP contribution in [-0.2, 0) is 0 Å². The molecule has 0 spiro atoms. The van der Waals surface area contributed by atoms with Gasteiger partial charge in [-0.15, -0.1) is 0 Å². The van der Waals surface area contributed by atoms with E-state index in [1.54, 1.807) is 18.2 Å². The van der Waals surface area contributed by atoms with Crippen LogP contribution in [-0.4, -0.2) is 12.7 Å². The molecule has 1 N–H and O–H groups in total. The Morgan fingerprint density at radius 1 is 1.14 bits per heavy atom. The van der Waals surface area contributed by atoms with E-state index >= 15 is 0 Å². The van der Waals surface area contributed by atoms with E-state index in [1.807, 2.05) is 30.3 Å². The third kappa shape index (κ3) is 2.84. The van der Waals surface area contributed by atoms with Gasteiger partial charge in [-0.1, -0.05) is 37.3 Å². The number of hydrogen-bond donors (Lipinski definition) is 1. The number of ether oxygens (including phenoxy) is 2. The van der Waals surface area contributed by atoms with E-state index in [1.165, 1.54) is 0 Å². The molecule has 108 valence electrons. The molecular weight excluding hydrogens is 266 g/mol. The molecule has 4 heteroatoms. The van der Waals surface area contributed by atoms with Crippen LogP contribution in [0.25, 0.3) is 0 Å². The summed E-state index contributed by atoms with van der Waals surface area (Å²) < 4.78 is 10.6. The molecule has 0 unspecified atom stereocenters. The average molecular weight is 283 g/mol. The molecule has 4 nitrogen and oxygen atoms in total. The number of fused-ring (bicyclic) bond motifs is 1. The molecule has 0 fully saturated rings. The highest BCUT2D eigenvalue weighted by Gasteiger charge is 2.18. The van der Waals surface area contributed by atoms with Crippen molar-refractivity contribution in [2.24, 2.45) is 0 Å². The molecule has 1 amide bonds. The van der Waals surface area contributed by atoms with E-state index in [2.05, 4.69) is 12.2 Å². The number of benzene rings is 2. The first-order valence-corrected chi connectivity index (χ1v) is 7.03. The van der Waals surface area contributed by atoms with Gasteiger partial charge in [-0.25, -0.2) is 0 Å². The lowest BCUT2D eigenvalue weighted by atomic mass is 10.0. The minimum absolute atomic E-state index is 0.00382. The maximum atomic E-state index is 12.4. The number of carbonyl (C=O) groups is 1. The molecule has 1 atom stereocenters. The Hall–Kier alpha value is -2.49. The first-order valence-electron chi connectivity index (χ1n) is 7.03. The monoisotopic (exact) mass is 283 g/mol. The van der Waals surface area contributed by atoms with Crippen LogP contribution in [0.5, 0.6) is 11.5 Å². The van der Waals surface area contributed by atoms with Gasteiger partial charge in [0.2, 0.25) is 6.79 Å². The second-order valence-electron chi connectivity index (χ2n) is 4.91. The van der Waals surface area contributed by atoms with Crippen LogP contribution < -0.4 is 14.8 Å². The molecule has 1 heterocycles. The van der Waals surface area contributed by atoms with Gasteiger partial charge in [-0.2, -0.15) is 0 Å². The quantitative estimate of drug-likeness (QED) is 0.936. The predicted octanol–water partition coefficient (Wildman–Crippen LogP) is 3.30. The number of rotatable bonds is 4. The molecule has 2 aromatic rings. The van der Waals surface area contributed by atoms with Crippen LogP contribution in [0, 0.1) is 0 Å². The summed E-state index contributed by atoms with van der Waals surface area (Å²) in [6.45, 7) is 2.26. The first kappa shape index (κ1) is 13.5. The fourth-order valence-electron chi connectivity index (χ4n) is 2.39. The summed E-state index contributed by atoms with van der Waals surface area (Å²) in [5, 5.41) is 3.06. The fourth-order valence-corrected chi connectivity index (χ4v) is 2.39. The molecule has 0 saturated carbocycles. The van der Waals surface area contributed by atoms with Crippen LogP contribution in [0.3, 0.4) is 0 Å². The molecule has 1 aliphatic heterocycles. The van der Waals surface area contributed by atoms with Crippen molar-refractivity contribution >= 4 is 5.91 Å². The Morgan fingerprint density at radius 3 is 2.67 bits per heavy atom. The zero-order valence-electron chi connectivity index (χ0n) is 11.8. The number of carbonyl (C=O) groups excluding carboxylic acids is 1. The van der Waals surface area contributed by atoms with E-state index in [0.717, 1.165) is 12.0 Å². The van der Waals surface area contributed by atoms with Gasteiger partial charge in [-0.3, -0.25) is 4.79 Å². The molecule has 0 saturated heterocycles. The Kier molecular flexibility index (Phi) is 3.77. The minimum atomic E-state index is -0.107. The Morgan fingerprint density at radius 2 is 1.90 bits per heavy atom. The minimum Gasteiger partial charge on any atom is -0.454 e. The van der Waals surface area contributed by atoms with Gasteiger partial charge in [0, 0.05) is 5.56 Å². The standard InChI is InChI=1S/C17H17NO3/c1-2-14(12-6-4-3-5-7-12)18-17(19)13-8-9-15-16(10-13)21-11-20-15/h3-10,14H,2,11H2,1H3,(H,18,19)/t14-/m1/s1. The third-order valence-electron chi connectivity index (χ3n) is 3.55. The number of amides is 1. The van der Waals surface area contributed by atoms with E-state index in [-0.39, 0.29) is 18.7 Å². The van der Waals surface area contributed by atoms with Crippen LogP contribution in [0.1, 0.15) is 35.3 Å². The molecule has 0 bridgehead atoms. The van der Waals surface area contributed by atoms with E-state index in [0.29, 0.717) is 17.1 Å². The maximum Gasteiger partial charge on any atom is 0.251 e. The number of nitrogens with one attached hydrogen (secondary N) is 1. The largest absolute Gasteiger partial charge is 0.454 e. The van der Waals surface area contributed by atoms with E-state index in [4.69, 9.17) is 9.47 Å². The smallest absolute Gasteiger partial charge is 0.251 e. The molecule has 0 radical (unpaired) electrons. The third-order valence-corrected chi connectivity index (χ3v) is 3.55. The van der Waals surface area contributed by atoms with Gasteiger partial charge in [0.1, 0.15) is 0 Å². The van der Waals surface area contributed by atoms with Crippen LogP contribution >= 0.6 is 0 Å². The SMILES string of the molecule is CC[C@@H](NC(=O)c1ccc2c(c1)OCO2)c1ccccc1. The first-order chi connectivity index (χ1) is 10.3. The predicted molar refractivity (Wildman–Crippen MR) is 79.5 cm³/mol. The molecule has 3 rings (SSSR count). The van der Waals surface area contributed by atoms with Gasteiger partial charge < -0.3 is 14.8 Å². The lowest BCUT2D eigenvalue weighted by molar-refractivity contribution is 0.0935. The summed E-state index contributed by atoms with van der Waals surface area (Å²) in [5.74, 6) is 1.20. The lowest BCUT2D eigenvalue weighted by Crippen LogP contribution is -2.28. The summed E-state index contributed by atoms with van der Waals surface area (Å²) in [6.07, 6.45) is 0.834. The van der Waals surface area contributed by atoms with Crippen LogP contribution in [0.15, 0.2) is 48.5 Å². The van der Waals surface area contributed by atoms with Crippen LogP contribution in [0.4, 0.5) is 0 Å². The van der Waals surface area contributed by atoms with Gasteiger partial charge in [0.15, 0.2) is 11.5 Å². The molecular formula is C17H17NO3. The topological polar surface area (TPSA) is 47.6 Å². The van der Waals surface area contributed by atoms with Gasteiger partial charge in [0.25, 0.3) is 5.91 Å². The van der Waals surface area contributed by atoms with Crippen molar-refractivity contribution in [2.45, 2.75) is 19.4 Å². The Bertz CT molecular complexity index is 640. The normalized spacial score (nSPS) is 13.8. The van der Waals surface area contributed by atoms with Crippen molar-refractivity contribution in [3.05, 3.63) is 59.7 Å². The summed E-state index contributed by atoms with van der Waals surface area (Å²) in [7, 11) is 0. The second-order valence-corrected chi connectivity index (χ2v) is 4.91. The lowest BCUT2D eigenvalue weighted by Gasteiger charge is -2.17. The van der Waals surface area contributed by atoms with Crippen molar-refractivity contribution in [3.8, 4) is 11.5 Å². The summed E-state index contributed by atoms with van der Waals surface area (Å²) in [5.41, 5.74) is 1.68. The maximum absolute atomic E-state index is 12.4. The van der Waals surface area contributed by atoms with Crippen molar-refractivity contribution in [1.82, 2.24) is 5.32 Å². The van der Waals surface area contributed by atoms with Crippen molar-refractivity contribution in [1.29, 1.82) is 0 Å². The summed E-state index contributed by atoms with van der Waals surface area (Å²) >= 11 is 0. The summed E-state index contributed by atoms with van der Waals surface area (Å²) in [4.78, 5) is 12.4. The highest BCUT2D eigenvalue weighted by atomic mass is 16.7. The zero-order chi connectivity index (χ0) is 14.7. The zero-order valence-corrected chi connectivity index (χ0v) is 11.8. The Labute approximate surface area is 123 Å². The van der Waals surface area contributed by atoms with Crippen molar-refractivity contribution < 1.29 is 14.3 Å². The van der Waals surface area contributed by atoms with Gasteiger partial charge >= 0.3 is 0 Å². The molecule has 0 aromatic heterocycles. The average Bonchev–Trinajstić information content (AvgIpc) is 3.00. The number of hydrogen-bond acceptors (Lipinski definition) is 3. The second kappa shape index (κ2) is 5.87. The van der Waals surface area contributed by atoms with Crippen molar-refractivity contribution in [3.63, 3.8) is 0 Å².